The zero-order chi connectivity index (χ0) is 8.97. The predicted octanol–water partition coefficient (Wildman–Crippen LogP) is 3.58. The van der Waals surface area contributed by atoms with Crippen molar-refractivity contribution in [2.75, 3.05) is 5.88 Å². The smallest absolute Gasteiger partial charge is 0.0839 e. The first-order valence-electron chi connectivity index (χ1n) is 3.24. The summed E-state index contributed by atoms with van der Waals surface area (Å²) in [4.78, 5) is 0. The highest BCUT2D eigenvalue weighted by molar-refractivity contribution is 6.33. The van der Waals surface area contributed by atoms with Crippen LogP contribution in [0, 0.1) is 11.8 Å². The van der Waals surface area contributed by atoms with Crippen LogP contribution >= 0.6 is 34.8 Å². The SMILES string of the molecule is ClCC#Cc1cc(Cl)ccc1Cl. The summed E-state index contributed by atoms with van der Waals surface area (Å²) in [5.74, 6) is 5.80. The first-order valence-corrected chi connectivity index (χ1v) is 4.53. The van der Waals surface area contributed by atoms with E-state index in [2.05, 4.69) is 11.8 Å². The minimum atomic E-state index is 0.294. The van der Waals surface area contributed by atoms with Gasteiger partial charge in [-0.25, -0.2) is 0 Å². The molecule has 0 bridgehead atoms. The lowest BCUT2D eigenvalue weighted by molar-refractivity contribution is 1.64. The van der Waals surface area contributed by atoms with E-state index in [1.807, 2.05) is 0 Å². The Balaban J connectivity index is 3.05. The van der Waals surface area contributed by atoms with Gasteiger partial charge in [-0.2, -0.15) is 0 Å². The highest BCUT2D eigenvalue weighted by Crippen LogP contribution is 2.19. The molecule has 0 atom stereocenters. The van der Waals surface area contributed by atoms with E-state index in [4.69, 9.17) is 34.8 Å². The van der Waals surface area contributed by atoms with Crippen LogP contribution < -0.4 is 0 Å². The Labute approximate surface area is 86.4 Å². The maximum Gasteiger partial charge on any atom is 0.0839 e. The van der Waals surface area contributed by atoms with Crippen LogP contribution in [0.15, 0.2) is 18.2 Å². The van der Waals surface area contributed by atoms with E-state index in [0.29, 0.717) is 21.5 Å². The van der Waals surface area contributed by atoms with Crippen molar-refractivity contribution in [1.82, 2.24) is 0 Å². The normalized spacial score (nSPS) is 8.92. The number of hydrogen-bond donors (Lipinski definition) is 0. The van der Waals surface area contributed by atoms with Crippen molar-refractivity contribution in [2.24, 2.45) is 0 Å². The van der Waals surface area contributed by atoms with Crippen LogP contribution in [0.25, 0.3) is 0 Å². The number of hydrogen-bond acceptors (Lipinski definition) is 0. The highest BCUT2D eigenvalue weighted by atomic mass is 35.5. The molecular formula is C9H5Cl3. The first-order chi connectivity index (χ1) is 5.74. The quantitative estimate of drug-likeness (QED) is 0.462. The lowest BCUT2D eigenvalue weighted by atomic mass is 10.2. The molecule has 0 saturated carbocycles. The van der Waals surface area contributed by atoms with Crippen LogP contribution in [-0.4, -0.2) is 5.88 Å². The minimum absolute atomic E-state index is 0.294. The first kappa shape index (κ1) is 9.74. The van der Waals surface area contributed by atoms with Crippen molar-refractivity contribution in [1.29, 1.82) is 0 Å². The third kappa shape index (κ3) is 2.60. The van der Waals surface area contributed by atoms with Gasteiger partial charge >= 0.3 is 0 Å². The number of alkyl halides is 1. The Bertz CT molecular complexity index is 333. The topological polar surface area (TPSA) is 0 Å². The van der Waals surface area contributed by atoms with Gasteiger partial charge in [-0.15, -0.1) is 11.6 Å². The molecule has 0 radical (unpaired) electrons. The largest absolute Gasteiger partial charge is 0.113 e. The molecule has 0 saturated heterocycles. The summed E-state index contributed by atoms with van der Waals surface area (Å²) in [5.41, 5.74) is 0.713. The third-order valence-corrected chi connectivity index (χ3v) is 1.92. The van der Waals surface area contributed by atoms with E-state index < -0.39 is 0 Å². The molecule has 0 amide bonds. The average molecular weight is 219 g/mol. The summed E-state index contributed by atoms with van der Waals surface area (Å²) in [6.07, 6.45) is 0. The van der Waals surface area contributed by atoms with E-state index in [0.717, 1.165) is 0 Å². The van der Waals surface area contributed by atoms with Gasteiger partial charge in [0.25, 0.3) is 0 Å². The standard InChI is InChI=1S/C9H5Cl3/c10-5-1-2-7-6-8(11)3-4-9(7)12/h3-4,6H,5H2. The van der Waals surface area contributed by atoms with Gasteiger partial charge in [0, 0.05) is 10.6 Å². The Morgan fingerprint density at radius 2 is 2.00 bits per heavy atom. The lowest BCUT2D eigenvalue weighted by Gasteiger charge is -1.94. The van der Waals surface area contributed by atoms with E-state index in [-0.39, 0.29) is 0 Å². The van der Waals surface area contributed by atoms with Crippen LogP contribution in [0.4, 0.5) is 0 Å². The zero-order valence-electron chi connectivity index (χ0n) is 6.07. The summed E-state index contributed by atoms with van der Waals surface area (Å²) < 4.78 is 0. The Hall–Kier alpha value is -0.350. The Kier molecular flexibility index (Phi) is 3.75. The van der Waals surface area contributed by atoms with Crippen molar-refractivity contribution < 1.29 is 0 Å². The van der Waals surface area contributed by atoms with E-state index in [9.17, 15) is 0 Å². The van der Waals surface area contributed by atoms with Gasteiger partial charge in [0.05, 0.1) is 10.9 Å². The van der Waals surface area contributed by atoms with Crippen LogP contribution in [0.3, 0.4) is 0 Å². The molecule has 0 aliphatic carbocycles. The van der Waals surface area contributed by atoms with Crippen molar-refractivity contribution in [2.45, 2.75) is 0 Å². The fourth-order valence-electron chi connectivity index (χ4n) is 0.722. The molecule has 0 fully saturated rings. The van der Waals surface area contributed by atoms with Crippen LogP contribution in [0.2, 0.25) is 10.0 Å². The third-order valence-electron chi connectivity index (χ3n) is 1.22. The van der Waals surface area contributed by atoms with Gasteiger partial charge in [0.1, 0.15) is 0 Å². The van der Waals surface area contributed by atoms with Crippen molar-refractivity contribution >= 4 is 34.8 Å². The van der Waals surface area contributed by atoms with Crippen molar-refractivity contribution in [3.05, 3.63) is 33.8 Å². The van der Waals surface area contributed by atoms with Gasteiger partial charge < -0.3 is 0 Å². The van der Waals surface area contributed by atoms with Gasteiger partial charge in [0.2, 0.25) is 0 Å². The van der Waals surface area contributed by atoms with Crippen LogP contribution in [-0.2, 0) is 0 Å². The summed E-state index contributed by atoms with van der Waals surface area (Å²) in [5, 5.41) is 1.22. The minimum Gasteiger partial charge on any atom is -0.113 e. The zero-order valence-corrected chi connectivity index (χ0v) is 8.34. The van der Waals surface area contributed by atoms with E-state index in [1.165, 1.54) is 0 Å². The van der Waals surface area contributed by atoms with E-state index >= 15 is 0 Å². The van der Waals surface area contributed by atoms with Gasteiger partial charge in [-0.1, -0.05) is 35.0 Å². The maximum atomic E-state index is 5.83. The fraction of sp³-hybridized carbons (Fsp3) is 0.111. The molecule has 3 heteroatoms. The van der Waals surface area contributed by atoms with Crippen LogP contribution in [0.5, 0.6) is 0 Å². The van der Waals surface area contributed by atoms with Gasteiger partial charge in [-0.3, -0.25) is 0 Å². The molecule has 0 spiro atoms. The van der Waals surface area contributed by atoms with Crippen molar-refractivity contribution in [3.63, 3.8) is 0 Å². The summed E-state index contributed by atoms with van der Waals surface area (Å²) in [6.45, 7) is 0. The molecule has 0 aliphatic heterocycles. The van der Waals surface area contributed by atoms with E-state index in [1.54, 1.807) is 18.2 Å². The monoisotopic (exact) mass is 218 g/mol. The number of rotatable bonds is 0. The van der Waals surface area contributed by atoms with Crippen molar-refractivity contribution in [3.8, 4) is 11.8 Å². The fourth-order valence-corrected chi connectivity index (χ4v) is 1.13. The van der Waals surface area contributed by atoms with Crippen LogP contribution in [0.1, 0.15) is 5.56 Å². The summed E-state index contributed by atoms with van der Waals surface area (Å²) >= 11 is 17.0. The number of halogens is 3. The Morgan fingerprint density at radius 3 is 2.67 bits per heavy atom. The second-order valence-corrected chi connectivity index (χ2v) is 3.17. The molecule has 1 aromatic carbocycles. The maximum absolute atomic E-state index is 5.83. The lowest BCUT2D eigenvalue weighted by Crippen LogP contribution is -1.76. The average Bonchev–Trinajstić information content (AvgIpc) is 2.07. The molecule has 0 aromatic heterocycles. The predicted molar refractivity (Wildman–Crippen MR) is 54.1 cm³/mol. The molecule has 62 valence electrons. The molecule has 12 heavy (non-hydrogen) atoms. The van der Waals surface area contributed by atoms with Gasteiger partial charge in [0.15, 0.2) is 0 Å². The van der Waals surface area contributed by atoms with Gasteiger partial charge in [-0.05, 0) is 18.2 Å². The molecule has 1 aromatic rings. The number of benzene rings is 1. The second-order valence-electron chi connectivity index (χ2n) is 2.06. The second kappa shape index (κ2) is 4.62. The Morgan fingerprint density at radius 1 is 1.25 bits per heavy atom. The molecule has 0 heterocycles. The highest BCUT2D eigenvalue weighted by Gasteiger charge is 1.96. The molecule has 0 N–H and O–H groups in total. The molecule has 0 unspecified atom stereocenters. The molecular weight excluding hydrogens is 214 g/mol. The summed E-state index contributed by atoms with van der Waals surface area (Å²) in [7, 11) is 0. The molecule has 0 nitrogen and oxygen atoms in total. The summed E-state index contributed by atoms with van der Waals surface area (Å²) in [6, 6.07) is 5.14. The molecule has 1 rings (SSSR count). The molecule has 0 aliphatic rings.